The number of aryl methyl sites for hydroxylation is 1. The van der Waals surface area contributed by atoms with Crippen molar-refractivity contribution < 1.29 is 31.6 Å². The van der Waals surface area contributed by atoms with E-state index < -0.39 is 26.6 Å². The zero-order valence-corrected chi connectivity index (χ0v) is 24.9. The van der Waals surface area contributed by atoms with Gasteiger partial charge in [0.15, 0.2) is 4.90 Å². The third-order valence-electron chi connectivity index (χ3n) is 7.33. The summed E-state index contributed by atoms with van der Waals surface area (Å²) in [5, 5.41) is 3.11. The second kappa shape index (κ2) is 13.3. The second-order valence-electron chi connectivity index (χ2n) is 10.5. The number of sulfonamides is 1. The average Bonchev–Trinajstić information content (AvgIpc) is 3.00. The van der Waals surface area contributed by atoms with E-state index in [9.17, 15) is 22.0 Å². The smallest absolute Gasteiger partial charge is 0.322 e. The number of piperidine rings is 1. The molecule has 1 aliphatic rings. The number of anilines is 3. The topological polar surface area (TPSA) is 114 Å². The molecule has 0 radical (unpaired) electrons. The van der Waals surface area contributed by atoms with Gasteiger partial charge in [-0.15, -0.1) is 0 Å². The van der Waals surface area contributed by atoms with Gasteiger partial charge in [0.25, 0.3) is 0 Å². The van der Waals surface area contributed by atoms with Crippen LogP contribution in [0.1, 0.15) is 18.4 Å². The van der Waals surface area contributed by atoms with Gasteiger partial charge in [-0.25, -0.2) is 18.7 Å². The summed E-state index contributed by atoms with van der Waals surface area (Å²) in [6, 6.07) is 15.8. The van der Waals surface area contributed by atoms with Crippen molar-refractivity contribution in [3.8, 4) is 17.0 Å². The van der Waals surface area contributed by atoms with Crippen LogP contribution in [0, 0.1) is 24.5 Å². The van der Waals surface area contributed by atoms with E-state index in [-0.39, 0.29) is 16.6 Å². The fourth-order valence-electron chi connectivity index (χ4n) is 4.91. The van der Waals surface area contributed by atoms with Crippen molar-refractivity contribution in [2.45, 2.75) is 24.7 Å². The Bertz CT molecular complexity index is 1710. The van der Waals surface area contributed by atoms with Crippen LogP contribution in [-0.2, 0) is 19.7 Å². The third kappa shape index (κ3) is 6.95. The van der Waals surface area contributed by atoms with Gasteiger partial charge in [0.1, 0.15) is 29.5 Å². The van der Waals surface area contributed by atoms with Crippen molar-refractivity contribution >= 4 is 33.7 Å². The summed E-state index contributed by atoms with van der Waals surface area (Å²) < 4.78 is 60.8. The molecule has 0 atom stereocenters. The monoisotopic (exact) mass is 623 g/mol. The van der Waals surface area contributed by atoms with E-state index in [1.165, 1.54) is 30.6 Å². The minimum atomic E-state index is -4.93. The Morgan fingerprint density at radius 3 is 2.39 bits per heavy atom. The van der Waals surface area contributed by atoms with Crippen LogP contribution >= 0.6 is 0 Å². The summed E-state index contributed by atoms with van der Waals surface area (Å²) in [6.07, 6.45) is 3.68. The molecule has 44 heavy (non-hydrogen) atoms. The number of nitrogens with zero attached hydrogens (tertiary/aromatic N) is 4. The van der Waals surface area contributed by atoms with Gasteiger partial charge < -0.3 is 19.8 Å². The maximum atomic E-state index is 14.3. The SMILES string of the molecule is Cc1cc(-c2cc(Nc3ccc(N(OC=O)S(=O)(=O)c4c(F)cccc4F)cc3)ncn2)ccc1OCC1CCN(C)CC1. The maximum Gasteiger partial charge on any atom is 0.322 e. The molecule has 1 fully saturated rings. The number of hydrogen-bond donors (Lipinski definition) is 1. The number of ether oxygens (including phenoxy) is 1. The number of carbonyl (C=O) groups is 1. The lowest BCUT2D eigenvalue weighted by molar-refractivity contribution is -0.128. The van der Waals surface area contributed by atoms with Crippen LogP contribution in [0.3, 0.4) is 0 Å². The summed E-state index contributed by atoms with van der Waals surface area (Å²) >= 11 is 0. The highest BCUT2D eigenvalue weighted by atomic mass is 32.2. The Morgan fingerprint density at radius 1 is 1.02 bits per heavy atom. The van der Waals surface area contributed by atoms with Gasteiger partial charge in [-0.3, -0.25) is 4.79 Å². The first-order valence-corrected chi connectivity index (χ1v) is 15.3. The first kappa shape index (κ1) is 30.8. The van der Waals surface area contributed by atoms with Gasteiger partial charge in [-0.1, -0.05) is 10.5 Å². The van der Waals surface area contributed by atoms with Crippen molar-refractivity contribution in [2.24, 2.45) is 5.92 Å². The Kier molecular flexibility index (Phi) is 9.35. The lowest BCUT2D eigenvalue weighted by Gasteiger charge is -2.28. The molecule has 3 aromatic carbocycles. The summed E-state index contributed by atoms with van der Waals surface area (Å²) in [6.45, 7) is 4.71. The van der Waals surface area contributed by atoms with Crippen LogP contribution in [-0.4, -0.2) is 56.5 Å². The second-order valence-corrected chi connectivity index (χ2v) is 12.2. The molecule has 0 amide bonds. The number of halogens is 2. The van der Waals surface area contributed by atoms with Gasteiger partial charge in [0.05, 0.1) is 18.0 Å². The van der Waals surface area contributed by atoms with Crippen molar-refractivity contribution in [1.82, 2.24) is 14.9 Å². The number of hydrogen-bond acceptors (Lipinski definition) is 9. The molecular weight excluding hydrogens is 592 g/mol. The molecule has 1 aliphatic heterocycles. The molecule has 0 saturated carbocycles. The molecule has 1 saturated heterocycles. The molecule has 0 spiro atoms. The highest BCUT2D eigenvalue weighted by molar-refractivity contribution is 7.92. The minimum absolute atomic E-state index is 0.150. The first-order chi connectivity index (χ1) is 21.2. The molecule has 4 aromatic rings. The zero-order chi connectivity index (χ0) is 31.3. The molecule has 1 aromatic heterocycles. The molecule has 1 N–H and O–H groups in total. The van der Waals surface area contributed by atoms with Crippen LogP contribution in [0.25, 0.3) is 11.3 Å². The predicted molar refractivity (Wildman–Crippen MR) is 161 cm³/mol. The van der Waals surface area contributed by atoms with Crippen LogP contribution in [0.4, 0.5) is 26.0 Å². The number of rotatable bonds is 11. The Hall–Kier alpha value is -4.62. The molecular formula is C31H31F2N5O5S. The van der Waals surface area contributed by atoms with Crippen LogP contribution in [0.15, 0.2) is 78.0 Å². The normalized spacial score (nSPS) is 14.2. The minimum Gasteiger partial charge on any atom is -0.493 e. The van der Waals surface area contributed by atoms with Gasteiger partial charge in [-0.05, 0) is 106 Å². The Morgan fingerprint density at radius 2 is 1.73 bits per heavy atom. The standard InChI is InChI=1S/C31H31F2N5O5S/c1-21-16-23(6-11-29(21)42-18-22-12-14-37(2)15-13-22)28-17-30(35-19-34-28)36-24-7-9-25(10-8-24)38(43-20-39)44(40,41)31-26(32)4-3-5-27(31)33/h3-11,16-17,19-20,22H,12-15,18H2,1-2H3,(H,34,35,36). The van der Waals surface area contributed by atoms with E-state index in [1.807, 2.05) is 25.1 Å². The average molecular weight is 624 g/mol. The Balaban J connectivity index is 1.28. The molecule has 0 unspecified atom stereocenters. The van der Waals surface area contributed by atoms with Crippen LogP contribution in [0.5, 0.6) is 5.75 Å². The highest BCUT2D eigenvalue weighted by Crippen LogP contribution is 2.30. The van der Waals surface area contributed by atoms with E-state index >= 15 is 0 Å². The predicted octanol–water partition coefficient (Wildman–Crippen LogP) is 5.48. The molecule has 2 heterocycles. The van der Waals surface area contributed by atoms with Gasteiger partial charge in [0, 0.05) is 17.3 Å². The van der Waals surface area contributed by atoms with E-state index in [1.54, 1.807) is 6.07 Å². The van der Waals surface area contributed by atoms with Crippen LogP contribution < -0.4 is 14.5 Å². The third-order valence-corrected chi connectivity index (χ3v) is 8.97. The number of likely N-dealkylation sites (tertiary alicyclic amines) is 1. The van der Waals surface area contributed by atoms with Crippen LogP contribution in [0.2, 0.25) is 0 Å². The summed E-state index contributed by atoms with van der Waals surface area (Å²) in [4.78, 5) is 25.5. The van der Waals surface area contributed by atoms with Crippen molar-refractivity contribution in [2.75, 3.05) is 36.5 Å². The summed E-state index contributed by atoms with van der Waals surface area (Å²) in [5.41, 5.74) is 2.89. The molecule has 13 heteroatoms. The fraction of sp³-hybridized carbons (Fsp3) is 0.258. The molecule has 10 nitrogen and oxygen atoms in total. The lowest BCUT2D eigenvalue weighted by atomic mass is 9.98. The number of nitrogens with one attached hydrogen (secondary N) is 1. The number of benzene rings is 3. The van der Waals surface area contributed by atoms with Crippen molar-refractivity contribution in [1.29, 1.82) is 0 Å². The molecule has 0 aliphatic carbocycles. The van der Waals surface area contributed by atoms with Crippen molar-refractivity contribution in [3.05, 3.63) is 90.3 Å². The quantitative estimate of drug-likeness (QED) is 0.171. The van der Waals surface area contributed by atoms with Gasteiger partial charge in [0.2, 0.25) is 0 Å². The van der Waals surface area contributed by atoms with Gasteiger partial charge in [-0.2, -0.15) is 8.42 Å². The lowest BCUT2D eigenvalue weighted by Crippen LogP contribution is -2.32. The Labute approximate surface area is 254 Å². The maximum absolute atomic E-state index is 14.3. The molecule has 5 rings (SSSR count). The van der Waals surface area contributed by atoms with Crippen molar-refractivity contribution in [3.63, 3.8) is 0 Å². The summed E-state index contributed by atoms with van der Waals surface area (Å²) in [7, 11) is -2.79. The molecule has 230 valence electrons. The van der Waals surface area contributed by atoms with E-state index in [4.69, 9.17) is 4.74 Å². The largest absolute Gasteiger partial charge is 0.493 e. The van der Waals surface area contributed by atoms with Gasteiger partial charge >= 0.3 is 16.5 Å². The van der Waals surface area contributed by atoms with E-state index in [2.05, 4.69) is 32.1 Å². The summed E-state index contributed by atoms with van der Waals surface area (Å²) in [5.74, 6) is -0.799. The fourth-order valence-corrected chi connectivity index (χ4v) is 6.25. The van der Waals surface area contributed by atoms with E-state index in [0.717, 1.165) is 61.0 Å². The number of aromatic nitrogens is 2. The van der Waals surface area contributed by atoms with E-state index in [0.29, 0.717) is 29.7 Å². The number of carbonyl (C=O) groups excluding carboxylic acids is 1. The first-order valence-electron chi connectivity index (χ1n) is 13.9. The highest BCUT2D eigenvalue weighted by Gasteiger charge is 2.33. The molecule has 0 bridgehead atoms. The zero-order valence-electron chi connectivity index (χ0n) is 24.1.